The van der Waals surface area contributed by atoms with E-state index in [9.17, 15) is 0 Å². The average molecular weight is 131 g/mol. The lowest BCUT2D eigenvalue weighted by Crippen LogP contribution is -2.42. The summed E-state index contributed by atoms with van der Waals surface area (Å²) in [4.78, 5) is 0. The molecule has 1 heterocycles. The Kier molecular flexibility index (Phi) is 2.45. The van der Waals surface area contributed by atoms with Crippen molar-refractivity contribution in [2.24, 2.45) is 0 Å². The molecule has 9 heavy (non-hydrogen) atoms. The lowest BCUT2D eigenvalue weighted by Gasteiger charge is -2.25. The van der Waals surface area contributed by atoms with Gasteiger partial charge in [0, 0.05) is 6.04 Å². The highest BCUT2D eigenvalue weighted by molar-refractivity contribution is 4.76. The Morgan fingerprint density at radius 1 is 1.56 bits per heavy atom. The second-order valence-corrected chi connectivity index (χ2v) is 2.51. The number of piperidine rings is 1. The largest absolute Gasteiger partial charge is 0.395 e. The van der Waals surface area contributed by atoms with Gasteiger partial charge < -0.3 is 15.5 Å². The van der Waals surface area contributed by atoms with E-state index >= 15 is 0 Å². The molecule has 0 spiro atoms. The Hall–Kier alpha value is -0.120. The molecule has 1 aliphatic heterocycles. The van der Waals surface area contributed by atoms with Crippen LogP contribution in [0.4, 0.5) is 0 Å². The van der Waals surface area contributed by atoms with Crippen molar-refractivity contribution in [1.82, 2.24) is 5.32 Å². The maximum Gasteiger partial charge on any atom is 0.0585 e. The van der Waals surface area contributed by atoms with Gasteiger partial charge in [-0.25, -0.2) is 0 Å². The number of hydrogen-bond acceptors (Lipinski definition) is 3. The molecule has 3 N–H and O–H groups in total. The highest BCUT2D eigenvalue weighted by atomic mass is 16.3. The molecular formula is C6H13NO2. The van der Waals surface area contributed by atoms with Gasteiger partial charge in [0.25, 0.3) is 0 Å². The van der Waals surface area contributed by atoms with Crippen LogP contribution in [0.5, 0.6) is 0 Å². The minimum atomic E-state index is -0.205. The monoisotopic (exact) mass is 131 g/mol. The Balaban J connectivity index is 2.23. The van der Waals surface area contributed by atoms with Gasteiger partial charge in [-0.3, -0.25) is 0 Å². The van der Waals surface area contributed by atoms with Crippen LogP contribution in [0.2, 0.25) is 0 Å². The number of hydrogen-bond donors (Lipinski definition) is 3. The quantitative estimate of drug-likeness (QED) is 0.432. The number of nitrogens with one attached hydrogen (secondary N) is 1. The summed E-state index contributed by atoms with van der Waals surface area (Å²) in [5.41, 5.74) is 0. The van der Waals surface area contributed by atoms with E-state index in [0.29, 0.717) is 6.42 Å². The molecule has 54 valence electrons. The predicted molar refractivity (Wildman–Crippen MR) is 34.1 cm³/mol. The Labute approximate surface area is 54.7 Å². The molecule has 0 amide bonds. The first-order valence-electron chi connectivity index (χ1n) is 3.35. The van der Waals surface area contributed by atoms with Gasteiger partial charge in [0.1, 0.15) is 0 Å². The SMILES string of the molecule is OC[C@H]1CC(O)CCN1. The van der Waals surface area contributed by atoms with Gasteiger partial charge in [0.2, 0.25) is 0 Å². The molecule has 2 atom stereocenters. The van der Waals surface area contributed by atoms with Crippen molar-refractivity contribution in [3.05, 3.63) is 0 Å². The third-order valence-corrected chi connectivity index (χ3v) is 1.69. The average Bonchev–Trinajstić information content (AvgIpc) is 1.88. The van der Waals surface area contributed by atoms with Crippen molar-refractivity contribution >= 4 is 0 Å². The second-order valence-electron chi connectivity index (χ2n) is 2.51. The number of aliphatic hydroxyl groups excluding tert-OH is 2. The van der Waals surface area contributed by atoms with E-state index in [-0.39, 0.29) is 18.8 Å². The zero-order valence-electron chi connectivity index (χ0n) is 5.38. The maximum absolute atomic E-state index is 9.06. The zero-order valence-corrected chi connectivity index (χ0v) is 5.38. The molecule has 0 aromatic heterocycles. The molecule has 0 aliphatic carbocycles. The van der Waals surface area contributed by atoms with Gasteiger partial charge >= 0.3 is 0 Å². The number of rotatable bonds is 1. The summed E-state index contributed by atoms with van der Waals surface area (Å²) in [6.45, 7) is 0.962. The molecule has 0 saturated carbocycles. The van der Waals surface area contributed by atoms with Crippen molar-refractivity contribution in [1.29, 1.82) is 0 Å². The lowest BCUT2D eigenvalue weighted by molar-refractivity contribution is 0.0956. The van der Waals surface area contributed by atoms with Gasteiger partial charge in [-0.2, -0.15) is 0 Å². The molecular weight excluding hydrogens is 118 g/mol. The summed E-state index contributed by atoms with van der Waals surface area (Å²) < 4.78 is 0. The predicted octanol–water partition coefficient (Wildman–Crippen LogP) is -0.908. The minimum Gasteiger partial charge on any atom is -0.395 e. The smallest absolute Gasteiger partial charge is 0.0585 e. The minimum absolute atomic E-state index is 0.119. The molecule has 1 fully saturated rings. The highest BCUT2D eigenvalue weighted by Crippen LogP contribution is 2.06. The highest BCUT2D eigenvalue weighted by Gasteiger charge is 2.17. The van der Waals surface area contributed by atoms with E-state index in [1.54, 1.807) is 0 Å². The van der Waals surface area contributed by atoms with Gasteiger partial charge in [0.15, 0.2) is 0 Å². The topological polar surface area (TPSA) is 52.5 Å². The zero-order chi connectivity index (χ0) is 6.69. The van der Waals surface area contributed by atoms with E-state index < -0.39 is 0 Å². The summed E-state index contributed by atoms with van der Waals surface area (Å²) in [6.07, 6.45) is 1.30. The van der Waals surface area contributed by atoms with Crippen LogP contribution in [0.1, 0.15) is 12.8 Å². The van der Waals surface area contributed by atoms with Gasteiger partial charge in [-0.15, -0.1) is 0 Å². The molecule has 0 radical (unpaired) electrons. The lowest BCUT2D eigenvalue weighted by atomic mass is 10.0. The molecule has 0 aromatic rings. The Morgan fingerprint density at radius 2 is 2.33 bits per heavy atom. The van der Waals surface area contributed by atoms with Crippen LogP contribution in [-0.2, 0) is 0 Å². The first kappa shape index (κ1) is 6.99. The molecule has 3 heteroatoms. The van der Waals surface area contributed by atoms with Crippen LogP contribution in [0, 0.1) is 0 Å². The molecule has 1 aliphatic rings. The van der Waals surface area contributed by atoms with Crippen LogP contribution in [0.25, 0.3) is 0 Å². The van der Waals surface area contributed by atoms with Gasteiger partial charge in [-0.1, -0.05) is 0 Å². The standard InChI is InChI=1S/C6H13NO2/c8-4-5-3-6(9)1-2-7-5/h5-9H,1-4H2/t5-,6?/m1/s1. The Bertz CT molecular complexity index is 87.1. The summed E-state index contributed by atoms with van der Waals surface area (Å²) in [6, 6.07) is 0.119. The van der Waals surface area contributed by atoms with Gasteiger partial charge in [-0.05, 0) is 19.4 Å². The fourth-order valence-corrected chi connectivity index (χ4v) is 1.12. The van der Waals surface area contributed by atoms with Crippen molar-refractivity contribution in [3.63, 3.8) is 0 Å². The van der Waals surface area contributed by atoms with Gasteiger partial charge in [0.05, 0.1) is 12.7 Å². The summed E-state index contributed by atoms with van der Waals surface area (Å²) in [5.74, 6) is 0. The van der Waals surface area contributed by atoms with Crippen LogP contribution in [0.15, 0.2) is 0 Å². The molecule has 1 unspecified atom stereocenters. The fourth-order valence-electron chi connectivity index (χ4n) is 1.12. The molecule has 1 rings (SSSR count). The summed E-state index contributed by atoms with van der Waals surface area (Å²) in [5, 5.41) is 20.8. The van der Waals surface area contributed by atoms with E-state index in [4.69, 9.17) is 10.2 Å². The maximum atomic E-state index is 9.06. The molecule has 1 saturated heterocycles. The van der Waals surface area contributed by atoms with Crippen LogP contribution >= 0.6 is 0 Å². The number of aliphatic hydroxyl groups is 2. The van der Waals surface area contributed by atoms with Crippen LogP contribution in [-0.4, -0.2) is 35.5 Å². The van der Waals surface area contributed by atoms with Crippen molar-refractivity contribution in [2.45, 2.75) is 25.0 Å². The summed E-state index contributed by atoms with van der Waals surface area (Å²) in [7, 11) is 0. The first-order valence-corrected chi connectivity index (χ1v) is 3.35. The van der Waals surface area contributed by atoms with E-state index in [0.717, 1.165) is 13.0 Å². The van der Waals surface area contributed by atoms with E-state index in [1.807, 2.05) is 0 Å². The first-order chi connectivity index (χ1) is 4.33. The fraction of sp³-hybridized carbons (Fsp3) is 1.00. The van der Waals surface area contributed by atoms with Crippen molar-refractivity contribution in [2.75, 3.05) is 13.2 Å². The van der Waals surface area contributed by atoms with Crippen LogP contribution < -0.4 is 5.32 Å². The molecule has 0 bridgehead atoms. The normalized spacial score (nSPS) is 36.7. The molecule has 0 aromatic carbocycles. The Morgan fingerprint density at radius 3 is 2.78 bits per heavy atom. The van der Waals surface area contributed by atoms with Crippen LogP contribution in [0.3, 0.4) is 0 Å². The van der Waals surface area contributed by atoms with Crippen molar-refractivity contribution in [3.8, 4) is 0 Å². The molecule has 3 nitrogen and oxygen atoms in total. The second kappa shape index (κ2) is 3.15. The third kappa shape index (κ3) is 1.93. The van der Waals surface area contributed by atoms with E-state index in [2.05, 4.69) is 5.32 Å². The summed E-state index contributed by atoms with van der Waals surface area (Å²) >= 11 is 0. The van der Waals surface area contributed by atoms with E-state index in [1.165, 1.54) is 0 Å². The van der Waals surface area contributed by atoms with Crippen molar-refractivity contribution < 1.29 is 10.2 Å². The third-order valence-electron chi connectivity index (χ3n) is 1.69.